The molecule has 5 nitrogen and oxygen atoms in total. The van der Waals surface area contributed by atoms with Crippen LogP contribution in [0.2, 0.25) is 5.02 Å². The second kappa shape index (κ2) is 8.23. The molecule has 2 amide bonds. The average molecular weight is 373 g/mol. The highest BCUT2D eigenvalue weighted by molar-refractivity contribution is 6.31. The lowest BCUT2D eigenvalue weighted by Crippen LogP contribution is -2.37. The van der Waals surface area contributed by atoms with Crippen molar-refractivity contribution in [3.8, 4) is 5.75 Å². The summed E-state index contributed by atoms with van der Waals surface area (Å²) in [5.41, 5.74) is 1.38. The van der Waals surface area contributed by atoms with Crippen LogP contribution in [0.3, 0.4) is 0 Å². The number of nitrogens with one attached hydrogen (secondary N) is 1. The maximum absolute atomic E-state index is 12.6. The molecule has 1 N–H and O–H groups in total. The first kappa shape index (κ1) is 18.3. The van der Waals surface area contributed by atoms with Gasteiger partial charge in [-0.2, -0.15) is 0 Å². The largest absolute Gasteiger partial charge is 0.493 e. The fraction of sp³-hybridized carbons (Fsp3) is 0.300. The van der Waals surface area contributed by atoms with Crippen molar-refractivity contribution >= 4 is 23.4 Å². The quantitative estimate of drug-likeness (QED) is 0.846. The molecule has 0 bridgehead atoms. The molecule has 3 rings (SSSR count). The first-order valence-electron chi connectivity index (χ1n) is 8.62. The smallest absolute Gasteiger partial charge is 0.255 e. The van der Waals surface area contributed by atoms with Crippen molar-refractivity contribution in [3.63, 3.8) is 0 Å². The molecule has 0 saturated carbocycles. The Labute approximate surface area is 157 Å². The van der Waals surface area contributed by atoms with Crippen LogP contribution in [0, 0.1) is 0 Å². The summed E-state index contributed by atoms with van der Waals surface area (Å²) >= 11 is 6.18. The molecule has 1 atom stereocenters. The maximum atomic E-state index is 12.6. The van der Waals surface area contributed by atoms with Crippen molar-refractivity contribution in [1.29, 1.82) is 0 Å². The zero-order chi connectivity index (χ0) is 18.5. The number of rotatable bonds is 6. The topological polar surface area (TPSA) is 58.6 Å². The number of halogens is 1. The number of nitrogens with zero attached hydrogens (tertiary/aromatic N) is 1. The minimum atomic E-state index is -0.230. The van der Waals surface area contributed by atoms with Gasteiger partial charge in [0.25, 0.3) is 5.91 Å². The van der Waals surface area contributed by atoms with E-state index in [-0.39, 0.29) is 24.3 Å². The number of hydrogen-bond donors (Lipinski definition) is 1. The lowest BCUT2D eigenvalue weighted by molar-refractivity contribution is -0.128. The van der Waals surface area contributed by atoms with E-state index in [9.17, 15) is 9.59 Å². The SMILES string of the molecule is CCOc1ccccc1C(=O)N[C@@H]1CC(=O)N(Cc2ccccc2Cl)C1. The van der Waals surface area contributed by atoms with Gasteiger partial charge in [-0.15, -0.1) is 0 Å². The van der Waals surface area contributed by atoms with E-state index >= 15 is 0 Å². The molecule has 1 fully saturated rings. The van der Waals surface area contributed by atoms with E-state index in [1.54, 1.807) is 29.2 Å². The Hall–Kier alpha value is -2.53. The lowest BCUT2D eigenvalue weighted by Gasteiger charge is -2.18. The molecule has 0 unspecified atom stereocenters. The predicted octanol–water partition coefficient (Wildman–Crippen LogP) is 3.27. The lowest BCUT2D eigenvalue weighted by atomic mass is 10.1. The summed E-state index contributed by atoms with van der Waals surface area (Å²) in [4.78, 5) is 26.6. The Morgan fingerprint density at radius 2 is 1.96 bits per heavy atom. The van der Waals surface area contributed by atoms with Crippen molar-refractivity contribution in [1.82, 2.24) is 10.2 Å². The molecular weight excluding hydrogens is 352 g/mol. The summed E-state index contributed by atoms with van der Waals surface area (Å²) in [7, 11) is 0. The fourth-order valence-electron chi connectivity index (χ4n) is 3.05. The van der Waals surface area contributed by atoms with Gasteiger partial charge in [0.05, 0.1) is 18.2 Å². The third-order valence-corrected chi connectivity index (χ3v) is 4.67. The first-order valence-corrected chi connectivity index (χ1v) is 9.00. The Bertz CT molecular complexity index is 809. The molecule has 1 heterocycles. The summed E-state index contributed by atoms with van der Waals surface area (Å²) in [6, 6.07) is 14.3. The molecule has 6 heteroatoms. The van der Waals surface area contributed by atoms with E-state index in [2.05, 4.69) is 5.32 Å². The van der Waals surface area contributed by atoms with Crippen molar-refractivity contribution in [2.45, 2.75) is 25.9 Å². The highest BCUT2D eigenvalue weighted by atomic mass is 35.5. The monoisotopic (exact) mass is 372 g/mol. The maximum Gasteiger partial charge on any atom is 0.255 e. The first-order chi connectivity index (χ1) is 12.6. The van der Waals surface area contributed by atoms with Gasteiger partial charge in [-0.25, -0.2) is 0 Å². The summed E-state index contributed by atoms with van der Waals surface area (Å²) in [5.74, 6) is 0.324. The van der Waals surface area contributed by atoms with Gasteiger partial charge in [0, 0.05) is 24.5 Å². The van der Waals surface area contributed by atoms with Gasteiger partial charge in [-0.05, 0) is 30.7 Å². The molecule has 1 saturated heterocycles. The van der Waals surface area contributed by atoms with Crippen LogP contribution in [-0.4, -0.2) is 35.9 Å². The van der Waals surface area contributed by atoms with Crippen LogP contribution in [0.15, 0.2) is 48.5 Å². The molecule has 0 radical (unpaired) electrons. The number of carbonyl (C=O) groups is 2. The van der Waals surface area contributed by atoms with Gasteiger partial charge in [0.1, 0.15) is 5.75 Å². The summed E-state index contributed by atoms with van der Waals surface area (Å²) in [6.45, 7) is 3.27. The van der Waals surface area contributed by atoms with Crippen molar-refractivity contribution < 1.29 is 14.3 Å². The number of hydrogen-bond acceptors (Lipinski definition) is 3. The van der Waals surface area contributed by atoms with Gasteiger partial charge in [0.15, 0.2) is 0 Å². The number of benzene rings is 2. The van der Waals surface area contributed by atoms with Crippen LogP contribution in [0.4, 0.5) is 0 Å². The zero-order valence-electron chi connectivity index (χ0n) is 14.6. The molecule has 0 aliphatic carbocycles. The van der Waals surface area contributed by atoms with Crippen molar-refractivity contribution in [2.75, 3.05) is 13.2 Å². The standard InChI is InChI=1S/C20H21ClN2O3/c1-2-26-18-10-6-4-8-16(18)20(25)22-15-11-19(24)23(13-15)12-14-7-3-5-9-17(14)21/h3-10,15H,2,11-13H2,1H3,(H,22,25)/t15-/m1/s1. The van der Waals surface area contributed by atoms with Gasteiger partial charge in [-0.1, -0.05) is 41.9 Å². The van der Waals surface area contributed by atoms with E-state index in [0.717, 1.165) is 5.56 Å². The molecule has 2 aromatic carbocycles. The molecule has 26 heavy (non-hydrogen) atoms. The molecule has 0 spiro atoms. The molecule has 1 aliphatic heterocycles. The van der Waals surface area contributed by atoms with E-state index in [4.69, 9.17) is 16.3 Å². The normalized spacial score (nSPS) is 16.6. The Morgan fingerprint density at radius 3 is 2.73 bits per heavy atom. The van der Waals surface area contributed by atoms with E-state index in [1.807, 2.05) is 31.2 Å². The number of ether oxygens (including phenoxy) is 1. The van der Waals surface area contributed by atoms with Crippen LogP contribution < -0.4 is 10.1 Å². The number of amides is 2. The van der Waals surface area contributed by atoms with Gasteiger partial charge < -0.3 is 15.0 Å². The molecule has 1 aliphatic rings. The number of carbonyl (C=O) groups excluding carboxylic acids is 2. The highest BCUT2D eigenvalue weighted by Crippen LogP contribution is 2.22. The van der Waals surface area contributed by atoms with Gasteiger partial charge >= 0.3 is 0 Å². The van der Waals surface area contributed by atoms with E-state index < -0.39 is 0 Å². The number of likely N-dealkylation sites (tertiary alicyclic amines) is 1. The second-order valence-electron chi connectivity index (χ2n) is 6.17. The summed E-state index contributed by atoms with van der Waals surface area (Å²) in [5, 5.41) is 3.58. The Balaban J connectivity index is 1.64. The molecule has 136 valence electrons. The van der Waals surface area contributed by atoms with Crippen LogP contribution >= 0.6 is 11.6 Å². The third kappa shape index (κ3) is 4.17. The second-order valence-corrected chi connectivity index (χ2v) is 6.58. The third-order valence-electron chi connectivity index (χ3n) is 4.30. The van der Waals surface area contributed by atoms with E-state index in [0.29, 0.717) is 36.0 Å². The molecule has 0 aromatic heterocycles. The predicted molar refractivity (Wildman–Crippen MR) is 100 cm³/mol. The van der Waals surface area contributed by atoms with Crippen molar-refractivity contribution in [3.05, 3.63) is 64.7 Å². The van der Waals surface area contributed by atoms with Crippen LogP contribution in [0.5, 0.6) is 5.75 Å². The fourth-order valence-corrected chi connectivity index (χ4v) is 3.25. The number of para-hydroxylation sites is 1. The van der Waals surface area contributed by atoms with Crippen LogP contribution in [-0.2, 0) is 11.3 Å². The Morgan fingerprint density at radius 1 is 1.23 bits per heavy atom. The highest BCUT2D eigenvalue weighted by Gasteiger charge is 2.31. The van der Waals surface area contributed by atoms with Crippen LogP contribution in [0.25, 0.3) is 0 Å². The molecular formula is C20H21ClN2O3. The minimum Gasteiger partial charge on any atom is -0.493 e. The molecule has 2 aromatic rings. The minimum absolute atomic E-state index is 0.00770. The van der Waals surface area contributed by atoms with Gasteiger partial charge in [0.2, 0.25) is 5.91 Å². The Kier molecular flexibility index (Phi) is 5.78. The van der Waals surface area contributed by atoms with Crippen LogP contribution in [0.1, 0.15) is 29.3 Å². The van der Waals surface area contributed by atoms with Crippen molar-refractivity contribution in [2.24, 2.45) is 0 Å². The van der Waals surface area contributed by atoms with Gasteiger partial charge in [-0.3, -0.25) is 9.59 Å². The van der Waals surface area contributed by atoms with E-state index in [1.165, 1.54) is 0 Å². The average Bonchev–Trinajstić information content (AvgIpc) is 2.97. The zero-order valence-corrected chi connectivity index (χ0v) is 15.3. The summed E-state index contributed by atoms with van der Waals surface area (Å²) < 4.78 is 5.50. The summed E-state index contributed by atoms with van der Waals surface area (Å²) in [6.07, 6.45) is 0.285.